The van der Waals surface area contributed by atoms with Gasteiger partial charge >= 0.3 is 5.97 Å². The third kappa shape index (κ3) is 8.14. The lowest BCUT2D eigenvalue weighted by Crippen LogP contribution is -2.71. The number of pyridine rings is 1. The Morgan fingerprint density at radius 3 is 2.62 bits per heavy atom. The number of thioether (sulfide) groups is 3. The SMILES string of the molecule is N[C@@H](CCCC[n+]1ccc(SCC2=C(C(=O)[O-])N3C(=O)[C@@H](NC(=O)CSc4cc(Cl)ccc4Cl)[C@H]3SC2)cc1)C(=O)O. The van der Waals surface area contributed by atoms with Gasteiger partial charge in [0, 0.05) is 44.9 Å². The summed E-state index contributed by atoms with van der Waals surface area (Å²) in [5.74, 6) is -2.52. The molecule has 3 atom stereocenters. The van der Waals surface area contributed by atoms with Crippen molar-refractivity contribution < 1.29 is 34.0 Å². The summed E-state index contributed by atoms with van der Waals surface area (Å²) < 4.78 is 1.98. The van der Waals surface area contributed by atoms with Crippen LogP contribution < -0.4 is 20.7 Å². The standard InChI is InChI=1S/C27H28Cl2N4O6S3/c28-16-4-5-18(29)20(11-16)41-14-21(34)31-22-24(35)33-23(27(38)39)15(13-42-25(22)33)12-40-17-6-9-32(10-7-17)8-2-1-3-19(30)26(36)37/h4-7,9-11,19,22,25H,1-3,8,12-14,30H2,(H2-,31,34,36,37,38,39)/t19-,22+,25+/m0/s1. The fourth-order valence-electron chi connectivity index (χ4n) is 4.37. The molecule has 2 aliphatic heterocycles. The fourth-order valence-corrected chi connectivity index (χ4v) is 8.04. The van der Waals surface area contributed by atoms with E-state index in [2.05, 4.69) is 5.32 Å². The average molecular weight is 672 g/mol. The minimum Gasteiger partial charge on any atom is -0.543 e. The zero-order valence-corrected chi connectivity index (χ0v) is 26.1. The molecule has 1 aromatic heterocycles. The van der Waals surface area contributed by atoms with Gasteiger partial charge in [-0.05, 0) is 36.6 Å². The number of rotatable bonds is 14. The monoisotopic (exact) mass is 670 g/mol. The molecule has 1 aromatic carbocycles. The molecule has 3 heterocycles. The van der Waals surface area contributed by atoms with Crippen LogP contribution in [0.25, 0.3) is 0 Å². The first-order chi connectivity index (χ1) is 20.0. The number of β-lactam (4-membered cyclic amide) rings is 1. The minimum absolute atomic E-state index is 0.0161. The maximum Gasteiger partial charge on any atom is 0.320 e. The van der Waals surface area contributed by atoms with Crippen LogP contribution in [0, 0.1) is 0 Å². The second-order valence-electron chi connectivity index (χ2n) is 9.56. The van der Waals surface area contributed by atoms with Crippen LogP contribution >= 0.6 is 58.5 Å². The molecule has 0 bridgehead atoms. The Bertz CT molecular complexity index is 1390. The van der Waals surface area contributed by atoms with E-state index in [0.29, 0.717) is 44.9 Å². The summed E-state index contributed by atoms with van der Waals surface area (Å²) in [5, 5.41) is 24.1. The number of benzene rings is 1. The average Bonchev–Trinajstić information content (AvgIpc) is 2.97. The van der Waals surface area contributed by atoms with E-state index < -0.39 is 35.3 Å². The van der Waals surface area contributed by atoms with Gasteiger partial charge in [-0.3, -0.25) is 19.3 Å². The smallest absolute Gasteiger partial charge is 0.320 e. The number of aliphatic carboxylic acids is 2. The molecule has 0 unspecified atom stereocenters. The predicted molar refractivity (Wildman–Crippen MR) is 161 cm³/mol. The number of nitrogens with one attached hydrogen (secondary N) is 1. The first-order valence-corrected chi connectivity index (χ1v) is 16.7. The van der Waals surface area contributed by atoms with Crippen molar-refractivity contribution in [3.63, 3.8) is 0 Å². The molecule has 0 aliphatic carbocycles. The van der Waals surface area contributed by atoms with Gasteiger partial charge in [0.1, 0.15) is 24.0 Å². The molecule has 4 rings (SSSR count). The molecule has 15 heteroatoms. The highest BCUT2D eigenvalue weighted by Crippen LogP contribution is 2.41. The first-order valence-electron chi connectivity index (χ1n) is 12.9. The zero-order valence-electron chi connectivity index (χ0n) is 22.2. The predicted octanol–water partition coefficient (Wildman–Crippen LogP) is 2.15. The molecule has 2 aliphatic rings. The third-order valence-electron chi connectivity index (χ3n) is 6.58. The van der Waals surface area contributed by atoms with Gasteiger partial charge in [-0.25, -0.2) is 4.57 Å². The van der Waals surface area contributed by atoms with Crippen molar-refractivity contribution in [2.45, 2.75) is 53.1 Å². The van der Waals surface area contributed by atoms with Gasteiger partial charge in [0.15, 0.2) is 12.4 Å². The molecule has 224 valence electrons. The lowest BCUT2D eigenvalue weighted by Gasteiger charge is -2.50. The van der Waals surface area contributed by atoms with Crippen molar-refractivity contribution in [3.8, 4) is 0 Å². The molecule has 2 aromatic rings. The van der Waals surface area contributed by atoms with Crippen molar-refractivity contribution in [1.29, 1.82) is 0 Å². The van der Waals surface area contributed by atoms with Gasteiger partial charge in [0.25, 0.3) is 5.91 Å². The van der Waals surface area contributed by atoms with Crippen LogP contribution in [-0.2, 0) is 25.7 Å². The fraction of sp³-hybridized carbons (Fsp3) is 0.370. The highest BCUT2D eigenvalue weighted by Gasteiger charge is 2.52. The van der Waals surface area contributed by atoms with Crippen LogP contribution in [0.5, 0.6) is 0 Å². The molecule has 0 saturated carbocycles. The van der Waals surface area contributed by atoms with Crippen molar-refractivity contribution in [1.82, 2.24) is 10.2 Å². The number of hydrogen-bond acceptors (Lipinski definition) is 9. The van der Waals surface area contributed by atoms with Gasteiger partial charge < -0.3 is 26.1 Å². The molecule has 4 N–H and O–H groups in total. The van der Waals surface area contributed by atoms with E-state index in [1.165, 1.54) is 40.2 Å². The Kier molecular flexibility index (Phi) is 11.5. The Hall–Kier alpha value is -2.42. The largest absolute Gasteiger partial charge is 0.543 e. The Balaban J connectivity index is 1.29. The lowest BCUT2D eigenvalue weighted by atomic mass is 10.0. The van der Waals surface area contributed by atoms with Gasteiger partial charge in [-0.1, -0.05) is 23.2 Å². The number of fused-ring (bicyclic) bond motifs is 1. The number of carboxylic acids is 2. The quantitative estimate of drug-likeness (QED) is 0.118. The highest BCUT2D eigenvalue weighted by atomic mass is 35.5. The highest BCUT2D eigenvalue weighted by molar-refractivity contribution is 8.01. The number of carboxylic acid groups (broad SMARTS) is 2. The summed E-state index contributed by atoms with van der Waals surface area (Å²) in [7, 11) is 0. The summed E-state index contributed by atoms with van der Waals surface area (Å²) in [6.07, 6.45) is 5.72. The van der Waals surface area contributed by atoms with E-state index in [0.717, 1.165) is 17.9 Å². The van der Waals surface area contributed by atoms with E-state index >= 15 is 0 Å². The molecular formula is C27H28Cl2N4O6S3. The second-order valence-corrected chi connectivity index (χ2v) is 13.6. The Morgan fingerprint density at radius 1 is 1.19 bits per heavy atom. The van der Waals surface area contributed by atoms with Crippen LogP contribution in [-0.4, -0.2) is 68.5 Å². The number of aromatic nitrogens is 1. The van der Waals surface area contributed by atoms with Crippen molar-refractivity contribution in [2.24, 2.45) is 5.73 Å². The summed E-state index contributed by atoms with van der Waals surface area (Å²) in [6.45, 7) is 0.719. The third-order valence-corrected chi connectivity index (χ3v) is 10.8. The van der Waals surface area contributed by atoms with Crippen LogP contribution in [0.1, 0.15) is 19.3 Å². The topological polar surface area (TPSA) is 157 Å². The van der Waals surface area contributed by atoms with Crippen LogP contribution in [0.3, 0.4) is 0 Å². The van der Waals surface area contributed by atoms with Crippen molar-refractivity contribution in [2.75, 3.05) is 17.3 Å². The lowest BCUT2D eigenvalue weighted by molar-refractivity contribution is -0.697. The number of carbonyl (C=O) groups is 4. The van der Waals surface area contributed by atoms with Crippen molar-refractivity contribution >= 4 is 82.2 Å². The minimum atomic E-state index is -1.42. The van der Waals surface area contributed by atoms with E-state index in [4.69, 9.17) is 34.0 Å². The number of nitrogens with zero attached hydrogens (tertiary/aromatic N) is 2. The maximum atomic E-state index is 12.9. The summed E-state index contributed by atoms with van der Waals surface area (Å²) in [5.41, 5.74) is 5.98. The molecule has 1 saturated heterocycles. The van der Waals surface area contributed by atoms with Crippen LogP contribution in [0.4, 0.5) is 0 Å². The van der Waals surface area contributed by atoms with E-state index in [1.807, 2.05) is 29.1 Å². The summed E-state index contributed by atoms with van der Waals surface area (Å²) in [4.78, 5) is 51.2. The molecule has 10 nitrogen and oxygen atoms in total. The number of nitrogens with two attached hydrogens (primary N) is 1. The number of unbranched alkanes of at least 4 members (excludes halogenated alkanes) is 1. The van der Waals surface area contributed by atoms with Gasteiger partial charge in [0.05, 0.1) is 22.4 Å². The van der Waals surface area contributed by atoms with Crippen LogP contribution in [0.2, 0.25) is 10.0 Å². The molecule has 0 radical (unpaired) electrons. The molecule has 42 heavy (non-hydrogen) atoms. The number of carbonyl (C=O) groups excluding carboxylic acids is 3. The van der Waals surface area contributed by atoms with E-state index in [9.17, 15) is 24.3 Å². The molecule has 1 fully saturated rings. The Labute approximate surface area is 265 Å². The van der Waals surface area contributed by atoms with Gasteiger partial charge in [0.2, 0.25) is 5.91 Å². The van der Waals surface area contributed by atoms with E-state index in [1.54, 1.807) is 18.2 Å². The van der Waals surface area contributed by atoms with Gasteiger partial charge in [-0.2, -0.15) is 0 Å². The zero-order chi connectivity index (χ0) is 30.4. The Morgan fingerprint density at radius 2 is 1.93 bits per heavy atom. The van der Waals surface area contributed by atoms with E-state index in [-0.39, 0.29) is 17.4 Å². The molecular weight excluding hydrogens is 643 g/mol. The normalized spacial score (nSPS) is 18.7. The number of amides is 2. The van der Waals surface area contributed by atoms with Crippen LogP contribution in [0.15, 0.2) is 63.8 Å². The number of halogens is 2. The summed E-state index contributed by atoms with van der Waals surface area (Å²) >= 11 is 16.2. The van der Waals surface area contributed by atoms with Crippen molar-refractivity contribution in [3.05, 3.63) is 64.0 Å². The summed E-state index contributed by atoms with van der Waals surface area (Å²) in [6, 6.07) is 7.10. The number of aryl methyl sites for hydroxylation is 1. The second kappa shape index (κ2) is 14.8. The first kappa shape index (κ1) is 32.5. The molecule has 0 spiro atoms. The number of hydrogen-bond donors (Lipinski definition) is 3. The molecule has 2 amide bonds. The van der Waals surface area contributed by atoms with Gasteiger partial charge in [-0.15, -0.1) is 35.3 Å². The maximum absolute atomic E-state index is 12.9.